The fourth-order valence-electron chi connectivity index (χ4n) is 1.41. The molecule has 0 bridgehead atoms. The van der Waals surface area contributed by atoms with E-state index in [4.69, 9.17) is 15.2 Å². The predicted octanol–water partition coefficient (Wildman–Crippen LogP) is -0.251. The Morgan fingerprint density at radius 1 is 1.85 bits per heavy atom. The number of hydrogen-bond acceptors (Lipinski definition) is 4. The number of methoxy groups -OCH3 is 1. The van der Waals surface area contributed by atoms with Gasteiger partial charge in [-0.3, -0.25) is 0 Å². The van der Waals surface area contributed by atoms with Crippen molar-refractivity contribution in [3.63, 3.8) is 0 Å². The van der Waals surface area contributed by atoms with E-state index < -0.39 is 0 Å². The molecule has 1 aromatic heterocycles. The summed E-state index contributed by atoms with van der Waals surface area (Å²) in [6, 6.07) is 0. The van der Waals surface area contributed by atoms with Crippen molar-refractivity contribution in [2.75, 3.05) is 13.7 Å². The molecule has 2 heterocycles. The second-order valence-electron chi connectivity index (χ2n) is 3.03. The van der Waals surface area contributed by atoms with Crippen LogP contribution in [0.25, 0.3) is 0 Å². The Morgan fingerprint density at radius 3 is 3.38 bits per heavy atom. The molecule has 1 atom stereocenters. The molecular formula is C8H13N3O2. The SMILES string of the molecule is COC1COc2c(CN)cnn2C1. The second kappa shape index (κ2) is 3.35. The van der Waals surface area contributed by atoms with Gasteiger partial charge in [-0.05, 0) is 0 Å². The van der Waals surface area contributed by atoms with Gasteiger partial charge in [-0.1, -0.05) is 0 Å². The van der Waals surface area contributed by atoms with Crippen LogP contribution in [0.1, 0.15) is 5.56 Å². The zero-order valence-electron chi connectivity index (χ0n) is 7.56. The summed E-state index contributed by atoms with van der Waals surface area (Å²) in [4.78, 5) is 0. The summed E-state index contributed by atoms with van der Waals surface area (Å²) >= 11 is 0. The van der Waals surface area contributed by atoms with Crippen LogP contribution >= 0.6 is 0 Å². The zero-order chi connectivity index (χ0) is 9.26. The largest absolute Gasteiger partial charge is 0.475 e. The van der Waals surface area contributed by atoms with Crippen molar-refractivity contribution in [1.29, 1.82) is 0 Å². The first kappa shape index (κ1) is 8.52. The van der Waals surface area contributed by atoms with Gasteiger partial charge in [-0.15, -0.1) is 0 Å². The fourth-order valence-corrected chi connectivity index (χ4v) is 1.41. The molecular weight excluding hydrogens is 170 g/mol. The lowest BCUT2D eigenvalue weighted by Crippen LogP contribution is -2.32. The average Bonchev–Trinajstić information content (AvgIpc) is 2.59. The smallest absolute Gasteiger partial charge is 0.216 e. The third kappa shape index (κ3) is 1.40. The molecule has 13 heavy (non-hydrogen) atoms. The van der Waals surface area contributed by atoms with Gasteiger partial charge in [0.05, 0.1) is 12.7 Å². The first-order valence-electron chi connectivity index (χ1n) is 4.25. The highest BCUT2D eigenvalue weighted by molar-refractivity contribution is 5.25. The highest BCUT2D eigenvalue weighted by Crippen LogP contribution is 2.22. The predicted molar refractivity (Wildman–Crippen MR) is 46.4 cm³/mol. The van der Waals surface area contributed by atoms with Crippen LogP contribution in [0.15, 0.2) is 6.20 Å². The van der Waals surface area contributed by atoms with Crippen molar-refractivity contribution in [3.8, 4) is 5.88 Å². The van der Waals surface area contributed by atoms with Gasteiger partial charge in [0.25, 0.3) is 0 Å². The van der Waals surface area contributed by atoms with Gasteiger partial charge in [0.1, 0.15) is 12.7 Å². The minimum Gasteiger partial charge on any atom is -0.475 e. The van der Waals surface area contributed by atoms with Crippen molar-refractivity contribution >= 4 is 0 Å². The van der Waals surface area contributed by atoms with Gasteiger partial charge < -0.3 is 15.2 Å². The van der Waals surface area contributed by atoms with E-state index in [-0.39, 0.29) is 6.10 Å². The number of nitrogens with two attached hydrogens (primary N) is 1. The topological polar surface area (TPSA) is 62.3 Å². The van der Waals surface area contributed by atoms with E-state index in [1.807, 2.05) is 0 Å². The van der Waals surface area contributed by atoms with E-state index in [0.29, 0.717) is 13.2 Å². The first-order chi connectivity index (χ1) is 6.35. The maximum absolute atomic E-state index is 5.52. The second-order valence-corrected chi connectivity index (χ2v) is 3.03. The molecule has 0 spiro atoms. The van der Waals surface area contributed by atoms with Gasteiger partial charge in [-0.25, -0.2) is 4.68 Å². The van der Waals surface area contributed by atoms with Gasteiger partial charge in [0.2, 0.25) is 5.88 Å². The molecule has 0 saturated carbocycles. The van der Waals surface area contributed by atoms with Crippen molar-refractivity contribution in [2.45, 2.75) is 19.2 Å². The van der Waals surface area contributed by atoms with E-state index in [9.17, 15) is 0 Å². The number of fused-ring (bicyclic) bond motifs is 1. The summed E-state index contributed by atoms with van der Waals surface area (Å²) in [5.74, 6) is 0.788. The number of aromatic nitrogens is 2. The minimum absolute atomic E-state index is 0.0954. The van der Waals surface area contributed by atoms with Crippen molar-refractivity contribution in [3.05, 3.63) is 11.8 Å². The van der Waals surface area contributed by atoms with Gasteiger partial charge >= 0.3 is 0 Å². The monoisotopic (exact) mass is 183 g/mol. The molecule has 72 valence electrons. The number of ether oxygens (including phenoxy) is 2. The van der Waals surface area contributed by atoms with Crippen LogP contribution in [0.5, 0.6) is 5.88 Å². The summed E-state index contributed by atoms with van der Waals surface area (Å²) in [5.41, 5.74) is 6.47. The lowest BCUT2D eigenvalue weighted by atomic mass is 10.3. The molecule has 5 nitrogen and oxygen atoms in total. The summed E-state index contributed by atoms with van der Waals surface area (Å²) < 4.78 is 12.4. The summed E-state index contributed by atoms with van der Waals surface area (Å²) in [6.07, 6.45) is 1.84. The maximum atomic E-state index is 5.52. The average molecular weight is 183 g/mol. The molecule has 1 aliphatic heterocycles. The highest BCUT2D eigenvalue weighted by Gasteiger charge is 2.22. The number of rotatable bonds is 2. The minimum atomic E-state index is 0.0954. The molecule has 0 aromatic carbocycles. The van der Waals surface area contributed by atoms with Crippen molar-refractivity contribution in [1.82, 2.24) is 9.78 Å². The van der Waals surface area contributed by atoms with E-state index in [1.54, 1.807) is 18.0 Å². The van der Waals surface area contributed by atoms with Gasteiger partial charge in [0.15, 0.2) is 0 Å². The van der Waals surface area contributed by atoms with E-state index in [2.05, 4.69) is 5.10 Å². The molecule has 0 saturated heterocycles. The standard InChI is InChI=1S/C8H13N3O2/c1-12-7-4-11-8(13-5-7)6(2-9)3-10-11/h3,7H,2,4-5,9H2,1H3. The quantitative estimate of drug-likeness (QED) is 0.686. The van der Waals surface area contributed by atoms with Crippen LogP contribution < -0.4 is 10.5 Å². The van der Waals surface area contributed by atoms with E-state index in [1.165, 1.54) is 0 Å². The molecule has 0 amide bonds. The molecule has 0 radical (unpaired) electrons. The van der Waals surface area contributed by atoms with E-state index in [0.717, 1.165) is 18.0 Å². The third-order valence-electron chi connectivity index (χ3n) is 2.20. The molecule has 1 unspecified atom stereocenters. The Labute approximate surface area is 76.4 Å². The lowest BCUT2D eigenvalue weighted by Gasteiger charge is -2.23. The van der Waals surface area contributed by atoms with Gasteiger partial charge in [-0.2, -0.15) is 5.10 Å². The molecule has 1 aromatic rings. The van der Waals surface area contributed by atoms with Crippen molar-refractivity contribution in [2.24, 2.45) is 5.73 Å². The molecule has 5 heteroatoms. The van der Waals surface area contributed by atoms with Gasteiger partial charge in [0, 0.05) is 19.2 Å². The molecule has 1 aliphatic rings. The van der Waals surface area contributed by atoms with Crippen molar-refractivity contribution < 1.29 is 9.47 Å². The Bertz CT molecular complexity index is 298. The van der Waals surface area contributed by atoms with E-state index >= 15 is 0 Å². The normalized spacial score (nSPS) is 20.9. The van der Waals surface area contributed by atoms with Crippen LogP contribution in [-0.2, 0) is 17.8 Å². The highest BCUT2D eigenvalue weighted by atomic mass is 16.5. The maximum Gasteiger partial charge on any atom is 0.216 e. The summed E-state index contributed by atoms with van der Waals surface area (Å²) in [5, 5.41) is 4.16. The Hall–Kier alpha value is -1.07. The number of nitrogens with zero attached hydrogens (tertiary/aromatic N) is 2. The van der Waals surface area contributed by atoms with Crippen LogP contribution in [0.3, 0.4) is 0 Å². The first-order valence-corrected chi connectivity index (χ1v) is 4.25. The lowest BCUT2D eigenvalue weighted by molar-refractivity contribution is 0.0175. The Morgan fingerprint density at radius 2 is 2.69 bits per heavy atom. The van der Waals surface area contributed by atoms with Crippen LogP contribution in [0.2, 0.25) is 0 Å². The molecule has 0 aliphatic carbocycles. The Balaban J connectivity index is 2.22. The number of hydrogen-bond donors (Lipinski definition) is 1. The third-order valence-corrected chi connectivity index (χ3v) is 2.20. The fraction of sp³-hybridized carbons (Fsp3) is 0.625. The molecule has 0 fully saturated rings. The molecule has 2 N–H and O–H groups in total. The zero-order valence-corrected chi connectivity index (χ0v) is 7.56. The summed E-state index contributed by atoms with van der Waals surface area (Å²) in [7, 11) is 1.67. The van der Waals surface area contributed by atoms with Crippen LogP contribution in [0, 0.1) is 0 Å². The Kier molecular flexibility index (Phi) is 2.20. The van der Waals surface area contributed by atoms with Crippen LogP contribution in [0.4, 0.5) is 0 Å². The molecule has 2 rings (SSSR count). The summed E-state index contributed by atoms with van der Waals surface area (Å²) in [6.45, 7) is 1.79. The van der Waals surface area contributed by atoms with Crippen LogP contribution in [-0.4, -0.2) is 29.6 Å².